The maximum Gasteiger partial charge on any atom is 0.162 e. The zero-order chi connectivity index (χ0) is 22.7. The lowest BCUT2D eigenvalue weighted by Gasteiger charge is -2.34. The Balaban J connectivity index is 1.49. The van der Waals surface area contributed by atoms with E-state index in [4.69, 9.17) is 9.47 Å². The van der Waals surface area contributed by atoms with Crippen LogP contribution in [-0.4, -0.2) is 48.0 Å². The zero-order valence-corrected chi connectivity index (χ0v) is 19.2. The number of rotatable bonds is 7. The zero-order valence-electron chi connectivity index (χ0n) is 19.2. The first kappa shape index (κ1) is 22.1. The molecule has 6 nitrogen and oxygen atoms in total. The van der Waals surface area contributed by atoms with Crippen molar-refractivity contribution in [3.63, 3.8) is 0 Å². The van der Waals surface area contributed by atoms with Gasteiger partial charge in [-0.3, -0.25) is 4.90 Å². The molecule has 1 aromatic heterocycles. The highest BCUT2D eigenvalue weighted by atomic mass is 19.1. The number of methoxy groups -OCH3 is 2. The molecule has 1 aliphatic rings. The molecule has 170 valence electrons. The molecule has 2 heterocycles. The molecule has 0 bridgehead atoms. The van der Waals surface area contributed by atoms with Crippen molar-refractivity contribution in [1.29, 1.82) is 0 Å². The van der Waals surface area contributed by atoms with Crippen molar-refractivity contribution in [3.8, 4) is 17.2 Å². The summed E-state index contributed by atoms with van der Waals surface area (Å²) in [5.41, 5.74) is 4.88. The van der Waals surface area contributed by atoms with E-state index >= 15 is 0 Å². The monoisotopic (exact) mass is 438 g/mol. The Hall–Kier alpha value is -3.06. The number of nitrogens with zero attached hydrogens (tertiary/aromatic N) is 3. The summed E-state index contributed by atoms with van der Waals surface area (Å²) in [6.45, 7) is 6.53. The van der Waals surface area contributed by atoms with Gasteiger partial charge in [0.2, 0.25) is 0 Å². The van der Waals surface area contributed by atoms with Crippen LogP contribution < -0.4 is 14.8 Å². The first-order chi connectivity index (χ1) is 15.5. The van der Waals surface area contributed by atoms with Crippen LogP contribution in [-0.2, 0) is 6.54 Å². The number of aryl methyl sites for hydroxylation is 2. The SMILES string of the molecule is COc1ccc(N[C@H]2CCCN(Cc3cc(F)ccc3-n3nc(C)cc3C)C2)cc1OC. The smallest absolute Gasteiger partial charge is 0.162 e. The minimum absolute atomic E-state index is 0.220. The van der Waals surface area contributed by atoms with Crippen molar-refractivity contribution >= 4 is 5.69 Å². The van der Waals surface area contributed by atoms with E-state index < -0.39 is 0 Å². The molecule has 1 atom stereocenters. The summed E-state index contributed by atoms with van der Waals surface area (Å²) >= 11 is 0. The largest absolute Gasteiger partial charge is 0.493 e. The summed E-state index contributed by atoms with van der Waals surface area (Å²) in [5.74, 6) is 1.20. The number of nitrogens with one attached hydrogen (secondary N) is 1. The molecule has 7 heteroatoms. The predicted molar refractivity (Wildman–Crippen MR) is 124 cm³/mol. The Morgan fingerprint density at radius 1 is 1.06 bits per heavy atom. The molecule has 0 aliphatic carbocycles. The Labute approximate surface area is 188 Å². The normalized spacial score (nSPS) is 16.7. The number of piperidine rings is 1. The van der Waals surface area contributed by atoms with Gasteiger partial charge in [0.15, 0.2) is 11.5 Å². The van der Waals surface area contributed by atoms with E-state index in [1.807, 2.05) is 48.9 Å². The fraction of sp³-hybridized carbons (Fsp3) is 0.400. The second-order valence-electron chi connectivity index (χ2n) is 8.40. The van der Waals surface area contributed by atoms with E-state index in [2.05, 4.69) is 15.3 Å². The van der Waals surface area contributed by atoms with Crippen molar-refractivity contribution in [3.05, 3.63) is 65.2 Å². The third-order valence-electron chi connectivity index (χ3n) is 5.93. The van der Waals surface area contributed by atoms with E-state index in [0.29, 0.717) is 24.1 Å². The Bertz CT molecular complexity index is 1080. The predicted octanol–water partition coefficient (Wildman–Crippen LogP) is 4.72. The molecule has 0 amide bonds. The van der Waals surface area contributed by atoms with Gasteiger partial charge in [0.05, 0.1) is 25.6 Å². The van der Waals surface area contributed by atoms with Gasteiger partial charge >= 0.3 is 0 Å². The average Bonchev–Trinajstić information content (AvgIpc) is 3.11. The van der Waals surface area contributed by atoms with E-state index in [1.165, 1.54) is 6.07 Å². The quantitative estimate of drug-likeness (QED) is 0.578. The van der Waals surface area contributed by atoms with E-state index in [1.54, 1.807) is 20.3 Å². The molecule has 1 fully saturated rings. The number of ether oxygens (including phenoxy) is 2. The summed E-state index contributed by atoms with van der Waals surface area (Å²) < 4.78 is 26.8. The van der Waals surface area contributed by atoms with Gasteiger partial charge in [-0.05, 0) is 75.2 Å². The average molecular weight is 439 g/mol. The molecular formula is C25H31FN4O2. The van der Waals surface area contributed by atoms with Crippen molar-refractivity contribution < 1.29 is 13.9 Å². The van der Waals surface area contributed by atoms with Crippen LogP contribution in [0.3, 0.4) is 0 Å². The molecule has 1 aliphatic heterocycles. The van der Waals surface area contributed by atoms with E-state index in [-0.39, 0.29) is 5.82 Å². The lowest BCUT2D eigenvalue weighted by atomic mass is 10.0. The van der Waals surface area contributed by atoms with Gasteiger partial charge in [-0.2, -0.15) is 5.10 Å². The standard InChI is InChI=1S/C25H31FN4O2/c1-17-12-18(2)30(28-17)23-9-7-20(26)13-19(23)15-29-11-5-6-22(16-29)27-21-8-10-24(31-3)25(14-21)32-4/h7-10,12-14,22,27H,5-6,11,15-16H2,1-4H3/t22-/m0/s1. The van der Waals surface area contributed by atoms with Gasteiger partial charge in [0.1, 0.15) is 5.82 Å². The summed E-state index contributed by atoms with van der Waals surface area (Å²) in [6.07, 6.45) is 2.16. The third kappa shape index (κ3) is 4.88. The third-order valence-corrected chi connectivity index (χ3v) is 5.93. The van der Waals surface area contributed by atoms with Crippen LogP contribution in [0.1, 0.15) is 29.8 Å². The van der Waals surface area contributed by atoms with Gasteiger partial charge in [-0.1, -0.05) is 0 Å². The van der Waals surface area contributed by atoms with Gasteiger partial charge in [0, 0.05) is 36.6 Å². The highest BCUT2D eigenvalue weighted by Gasteiger charge is 2.22. The molecule has 32 heavy (non-hydrogen) atoms. The molecule has 4 rings (SSSR count). The van der Waals surface area contributed by atoms with Crippen LogP contribution in [0.2, 0.25) is 0 Å². The Morgan fingerprint density at radius 3 is 2.59 bits per heavy atom. The van der Waals surface area contributed by atoms with Crippen LogP contribution in [0.15, 0.2) is 42.5 Å². The van der Waals surface area contributed by atoms with Crippen LogP contribution in [0, 0.1) is 19.7 Å². The molecule has 0 unspecified atom stereocenters. The summed E-state index contributed by atoms with van der Waals surface area (Å²) in [4.78, 5) is 2.38. The van der Waals surface area contributed by atoms with Crippen molar-refractivity contribution in [2.75, 3.05) is 32.6 Å². The van der Waals surface area contributed by atoms with Crippen LogP contribution >= 0.6 is 0 Å². The first-order valence-electron chi connectivity index (χ1n) is 11.0. The highest BCUT2D eigenvalue weighted by Crippen LogP contribution is 2.31. The maximum atomic E-state index is 14.1. The van der Waals surface area contributed by atoms with E-state index in [0.717, 1.165) is 54.3 Å². The topological polar surface area (TPSA) is 51.5 Å². The second-order valence-corrected chi connectivity index (χ2v) is 8.40. The number of halogens is 1. The van der Waals surface area contributed by atoms with Crippen LogP contribution in [0.5, 0.6) is 11.5 Å². The maximum absolute atomic E-state index is 14.1. The minimum Gasteiger partial charge on any atom is -0.493 e. The molecular weight excluding hydrogens is 407 g/mol. The van der Waals surface area contributed by atoms with Gasteiger partial charge in [-0.25, -0.2) is 9.07 Å². The summed E-state index contributed by atoms with van der Waals surface area (Å²) in [5, 5.41) is 8.23. The first-order valence-corrected chi connectivity index (χ1v) is 11.0. The highest BCUT2D eigenvalue weighted by molar-refractivity contribution is 5.55. The number of anilines is 1. The fourth-order valence-electron chi connectivity index (χ4n) is 4.48. The van der Waals surface area contributed by atoms with Crippen molar-refractivity contribution in [2.24, 2.45) is 0 Å². The van der Waals surface area contributed by atoms with Crippen LogP contribution in [0.4, 0.5) is 10.1 Å². The molecule has 3 aromatic rings. The molecule has 0 radical (unpaired) electrons. The summed E-state index contributed by atoms with van der Waals surface area (Å²) in [6, 6.07) is 13.2. The minimum atomic E-state index is -0.220. The Morgan fingerprint density at radius 2 is 1.88 bits per heavy atom. The van der Waals surface area contributed by atoms with Crippen LogP contribution in [0.25, 0.3) is 5.69 Å². The van der Waals surface area contributed by atoms with Gasteiger partial charge < -0.3 is 14.8 Å². The number of benzene rings is 2. The van der Waals surface area contributed by atoms with E-state index in [9.17, 15) is 4.39 Å². The number of hydrogen-bond acceptors (Lipinski definition) is 5. The number of likely N-dealkylation sites (tertiary alicyclic amines) is 1. The second kappa shape index (κ2) is 9.61. The molecule has 1 saturated heterocycles. The van der Waals surface area contributed by atoms with Crippen molar-refractivity contribution in [1.82, 2.24) is 14.7 Å². The lowest BCUT2D eigenvalue weighted by molar-refractivity contribution is 0.208. The molecule has 1 N–H and O–H groups in total. The Kier molecular flexibility index (Phi) is 6.65. The molecule has 0 spiro atoms. The molecule has 2 aromatic carbocycles. The van der Waals surface area contributed by atoms with Gasteiger partial charge in [-0.15, -0.1) is 0 Å². The van der Waals surface area contributed by atoms with Crippen molar-refractivity contribution in [2.45, 2.75) is 39.3 Å². The fourth-order valence-corrected chi connectivity index (χ4v) is 4.48. The lowest BCUT2D eigenvalue weighted by Crippen LogP contribution is -2.41. The number of aromatic nitrogens is 2. The number of hydrogen-bond donors (Lipinski definition) is 1. The molecule has 0 saturated carbocycles. The van der Waals surface area contributed by atoms with Gasteiger partial charge in [0.25, 0.3) is 0 Å². The summed E-state index contributed by atoms with van der Waals surface area (Å²) in [7, 11) is 3.28.